The zero-order valence-corrected chi connectivity index (χ0v) is 16.7. The monoisotopic (exact) mass is 386 g/mol. The van der Waals surface area contributed by atoms with Crippen molar-refractivity contribution < 1.29 is 9.53 Å². The summed E-state index contributed by atoms with van der Waals surface area (Å²) in [4.78, 5) is 12.5. The van der Waals surface area contributed by atoms with Crippen molar-refractivity contribution in [2.45, 2.75) is 55.6 Å². The maximum atomic E-state index is 12.5. The summed E-state index contributed by atoms with van der Waals surface area (Å²) in [6, 6.07) is 8.02. The molecule has 144 valence electrons. The number of para-hydroxylation sites is 1. The average molecular weight is 387 g/mol. The van der Waals surface area contributed by atoms with Crippen LogP contribution in [0.3, 0.4) is 0 Å². The van der Waals surface area contributed by atoms with Crippen LogP contribution < -0.4 is 10.1 Å². The second-order valence-corrected chi connectivity index (χ2v) is 7.96. The maximum Gasteiger partial charge on any atom is 0.233 e. The molecule has 1 aromatic heterocycles. The van der Waals surface area contributed by atoms with Gasteiger partial charge in [0.25, 0.3) is 0 Å². The molecule has 1 amide bonds. The fourth-order valence-corrected chi connectivity index (χ4v) is 4.17. The van der Waals surface area contributed by atoms with Gasteiger partial charge in [0, 0.05) is 12.6 Å². The Hall–Kier alpha value is -2.28. The number of benzene rings is 1. The first-order valence-corrected chi connectivity index (χ1v) is 10.2. The Morgan fingerprint density at radius 2 is 2.15 bits per heavy atom. The van der Waals surface area contributed by atoms with Gasteiger partial charge >= 0.3 is 0 Å². The number of nitrogens with zero attached hydrogens (tertiary/aromatic N) is 3. The van der Waals surface area contributed by atoms with Gasteiger partial charge in [0.2, 0.25) is 5.91 Å². The predicted octanol–water partition coefficient (Wildman–Crippen LogP) is 3.68. The van der Waals surface area contributed by atoms with Crippen LogP contribution in [0.5, 0.6) is 5.75 Å². The van der Waals surface area contributed by atoms with Crippen molar-refractivity contribution in [3.05, 3.63) is 36.9 Å². The van der Waals surface area contributed by atoms with Gasteiger partial charge < -0.3 is 10.1 Å². The molecule has 6 nitrogen and oxygen atoms in total. The maximum absolute atomic E-state index is 12.5. The fraction of sp³-hybridized carbons (Fsp3) is 0.450. The lowest BCUT2D eigenvalue weighted by Crippen LogP contribution is -2.37. The lowest BCUT2D eigenvalue weighted by Gasteiger charge is -2.16. The van der Waals surface area contributed by atoms with Crippen LogP contribution in [0.2, 0.25) is 0 Å². The van der Waals surface area contributed by atoms with Gasteiger partial charge in [-0.2, -0.15) is 0 Å². The summed E-state index contributed by atoms with van der Waals surface area (Å²) in [5, 5.41) is 12.3. The first-order valence-electron chi connectivity index (χ1n) is 9.28. The van der Waals surface area contributed by atoms with Crippen molar-refractivity contribution in [1.82, 2.24) is 20.1 Å². The minimum atomic E-state index is -0.246. The molecule has 27 heavy (non-hydrogen) atoms. The third-order valence-electron chi connectivity index (χ3n) is 4.73. The van der Waals surface area contributed by atoms with Crippen molar-refractivity contribution >= 4 is 17.7 Å². The van der Waals surface area contributed by atoms with Crippen LogP contribution in [0.25, 0.3) is 11.4 Å². The Morgan fingerprint density at radius 3 is 2.85 bits per heavy atom. The molecule has 1 heterocycles. The molecule has 0 radical (unpaired) electrons. The number of rotatable bonds is 8. The molecule has 1 atom stereocenters. The summed E-state index contributed by atoms with van der Waals surface area (Å²) in [5.74, 6) is 1.50. The van der Waals surface area contributed by atoms with E-state index in [9.17, 15) is 4.79 Å². The van der Waals surface area contributed by atoms with Crippen LogP contribution in [0.4, 0.5) is 0 Å². The third kappa shape index (κ3) is 4.53. The standard InChI is InChI=1S/C20H26N4O2S/c1-4-13-24-18(16-11-7-8-12-17(16)26-3)22-23-20(24)27-14(2)19(25)21-15-9-5-6-10-15/h4,7-8,11-12,14-15H,1,5-6,9-10,13H2,2-3H3,(H,21,25). The fourth-order valence-electron chi connectivity index (χ4n) is 3.30. The van der Waals surface area contributed by atoms with E-state index >= 15 is 0 Å². The highest BCUT2D eigenvalue weighted by Gasteiger charge is 2.24. The van der Waals surface area contributed by atoms with Crippen molar-refractivity contribution in [2.24, 2.45) is 0 Å². The Morgan fingerprint density at radius 1 is 1.41 bits per heavy atom. The molecule has 1 aliphatic carbocycles. The Bertz CT molecular complexity index is 799. The van der Waals surface area contributed by atoms with E-state index in [1.54, 1.807) is 13.2 Å². The Labute approximate surface area is 164 Å². The number of amides is 1. The van der Waals surface area contributed by atoms with Crippen LogP contribution in [-0.4, -0.2) is 39.1 Å². The average Bonchev–Trinajstić information content (AvgIpc) is 3.32. The van der Waals surface area contributed by atoms with E-state index in [4.69, 9.17) is 4.74 Å². The first-order chi connectivity index (χ1) is 13.1. The number of carbonyl (C=O) groups is 1. The van der Waals surface area contributed by atoms with Crippen LogP contribution in [-0.2, 0) is 11.3 Å². The van der Waals surface area contributed by atoms with Crippen LogP contribution in [0, 0.1) is 0 Å². The number of hydrogen-bond donors (Lipinski definition) is 1. The molecule has 1 N–H and O–H groups in total. The summed E-state index contributed by atoms with van der Waals surface area (Å²) < 4.78 is 7.43. The highest BCUT2D eigenvalue weighted by molar-refractivity contribution is 8.00. The second-order valence-electron chi connectivity index (χ2n) is 6.66. The van der Waals surface area contributed by atoms with E-state index in [1.807, 2.05) is 35.8 Å². The molecule has 1 fully saturated rings. The van der Waals surface area contributed by atoms with Crippen LogP contribution in [0.15, 0.2) is 42.1 Å². The normalized spacial score (nSPS) is 15.5. The van der Waals surface area contributed by atoms with E-state index in [0.29, 0.717) is 23.6 Å². The molecule has 0 saturated heterocycles. The number of allylic oxidation sites excluding steroid dienone is 1. The van der Waals surface area contributed by atoms with Gasteiger partial charge in [0.15, 0.2) is 11.0 Å². The molecule has 0 spiro atoms. The molecule has 1 unspecified atom stereocenters. The van der Waals surface area contributed by atoms with E-state index in [0.717, 1.165) is 24.2 Å². The lowest BCUT2D eigenvalue weighted by atomic mass is 10.2. The van der Waals surface area contributed by atoms with Crippen molar-refractivity contribution in [2.75, 3.05) is 7.11 Å². The highest BCUT2D eigenvalue weighted by Crippen LogP contribution is 2.32. The van der Waals surface area contributed by atoms with Crippen molar-refractivity contribution in [1.29, 1.82) is 0 Å². The first kappa shape index (κ1) is 19.5. The number of aromatic nitrogens is 3. The topological polar surface area (TPSA) is 69.0 Å². The summed E-state index contributed by atoms with van der Waals surface area (Å²) in [6.07, 6.45) is 6.35. The van der Waals surface area contributed by atoms with Gasteiger partial charge in [-0.3, -0.25) is 9.36 Å². The number of carbonyl (C=O) groups excluding carboxylic acids is 1. The van der Waals surface area contributed by atoms with Crippen molar-refractivity contribution in [3.63, 3.8) is 0 Å². The summed E-state index contributed by atoms with van der Waals surface area (Å²) in [5.41, 5.74) is 0.865. The molecule has 1 saturated carbocycles. The Balaban J connectivity index is 1.80. The quantitative estimate of drug-likeness (QED) is 0.554. The smallest absolute Gasteiger partial charge is 0.233 e. The van der Waals surface area contributed by atoms with E-state index < -0.39 is 0 Å². The molecular weight excluding hydrogens is 360 g/mol. The Kier molecular flexibility index (Phi) is 6.55. The molecule has 1 aliphatic rings. The highest BCUT2D eigenvalue weighted by atomic mass is 32.2. The summed E-state index contributed by atoms with van der Waals surface area (Å²) in [6.45, 7) is 6.30. The molecule has 2 aromatic rings. The molecule has 3 rings (SSSR count). The van der Waals surface area contributed by atoms with E-state index in [2.05, 4.69) is 22.1 Å². The number of hydrogen-bond acceptors (Lipinski definition) is 5. The predicted molar refractivity (Wildman–Crippen MR) is 108 cm³/mol. The minimum Gasteiger partial charge on any atom is -0.496 e. The minimum absolute atomic E-state index is 0.0545. The third-order valence-corrected chi connectivity index (χ3v) is 5.81. The van der Waals surface area contributed by atoms with E-state index in [-0.39, 0.29) is 11.2 Å². The zero-order chi connectivity index (χ0) is 19.2. The van der Waals surface area contributed by atoms with Gasteiger partial charge in [0.05, 0.1) is 17.9 Å². The number of ether oxygens (including phenoxy) is 1. The van der Waals surface area contributed by atoms with Gasteiger partial charge in [0.1, 0.15) is 5.75 Å². The zero-order valence-electron chi connectivity index (χ0n) is 15.9. The van der Waals surface area contributed by atoms with Gasteiger partial charge in [-0.1, -0.05) is 42.8 Å². The SMILES string of the molecule is C=CCn1c(SC(C)C(=O)NC2CCCC2)nnc1-c1ccccc1OC. The molecular formula is C20H26N4O2S. The van der Waals surface area contributed by atoms with Gasteiger partial charge in [-0.25, -0.2) is 0 Å². The summed E-state index contributed by atoms with van der Waals surface area (Å²) >= 11 is 1.42. The van der Waals surface area contributed by atoms with Crippen LogP contribution in [0.1, 0.15) is 32.6 Å². The van der Waals surface area contributed by atoms with Crippen LogP contribution >= 0.6 is 11.8 Å². The van der Waals surface area contributed by atoms with Gasteiger partial charge in [-0.05, 0) is 31.9 Å². The molecule has 7 heteroatoms. The molecule has 0 aliphatic heterocycles. The number of thioether (sulfide) groups is 1. The molecule has 1 aromatic carbocycles. The second kappa shape index (κ2) is 9.08. The molecule has 0 bridgehead atoms. The lowest BCUT2D eigenvalue weighted by molar-refractivity contribution is -0.120. The van der Waals surface area contributed by atoms with E-state index in [1.165, 1.54) is 24.6 Å². The van der Waals surface area contributed by atoms with Crippen molar-refractivity contribution in [3.8, 4) is 17.1 Å². The largest absolute Gasteiger partial charge is 0.496 e. The number of methoxy groups -OCH3 is 1. The van der Waals surface area contributed by atoms with Gasteiger partial charge in [-0.15, -0.1) is 16.8 Å². The number of nitrogens with one attached hydrogen (secondary N) is 1. The summed E-state index contributed by atoms with van der Waals surface area (Å²) in [7, 11) is 1.64.